The molecule has 0 heterocycles. The number of carbonyl (C=O) groups is 2. The molecule has 4 bridgehead atoms. The van der Waals surface area contributed by atoms with Crippen LogP contribution in [0.2, 0.25) is 0 Å². The maximum atomic E-state index is 12.3. The van der Waals surface area contributed by atoms with E-state index in [1.54, 1.807) is 0 Å². The molecule has 0 spiro atoms. The van der Waals surface area contributed by atoms with Crippen molar-refractivity contribution in [2.24, 2.45) is 23.2 Å². The number of hydrogen-bond acceptors (Lipinski definition) is 3. The highest BCUT2D eigenvalue weighted by molar-refractivity contribution is 6.35. The summed E-state index contributed by atoms with van der Waals surface area (Å²) in [5.74, 6) is 1.57. The topological polar surface area (TPSA) is 67.4 Å². The van der Waals surface area contributed by atoms with Crippen LogP contribution in [0.25, 0.3) is 0 Å². The van der Waals surface area contributed by atoms with Crippen LogP contribution < -0.4 is 10.6 Å². The Morgan fingerprint density at radius 1 is 1.00 bits per heavy atom. The Balaban J connectivity index is 1.38. The van der Waals surface area contributed by atoms with Crippen LogP contribution in [0.4, 0.5) is 0 Å². The Morgan fingerprint density at radius 3 is 2.15 bits per heavy atom. The standard InChI is InChI=1S/C21H36N2O3/c1-3-4-7-26-8-5-6-22-19(24)20(25)23-15(2)21-12-16-9-17(13-21)11-18(10-16)14-21/h15-18H,3-14H2,1-2H3,(H,22,24)(H,23,25). The van der Waals surface area contributed by atoms with E-state index in [0.717, 1.165) is 43.6 Å². The molecular weight excluding hydrogens is 328 g/mol. The third-order valence-electron chi connectivity index (χ3n) is 6.95. The van der Waals surface area contributed by atoms with Crippen LogP contribution in [-0.2, 0) is 14.3 Å². The van der Waals surface area contributed by atoms with Crippen molar-refractivity contribution in [2.45, 2.75) is 77.7 Å². The molecule has 5 nitrogen and oxygen atoms in total. The van der Waals surface area contributed by atoms with Crippen molar-refractivity contribution in [1.82, 2.24) is 10.6 Å². The molecule has 2 N–H and O–H groups in total. The van der Waals surface area contributed by atoms with Crippen LogP contribution in [0.15, 0.2) is 0 Å². The molecule has 4 aliphatic rings. The second-order valence-electron chi connectivity index (χ2n) is 9.05. The average Bonchev–Trinajstić information content (AvgIpc) is 2.59. The molecule has 0 saturated heterocycles. The first-order chi connectivity index (χ1) is 12.5. The maximum Gasteiger partial charge on any atom is 0.309 e. The summed E-state index contributed by atoms with van der Waals surface area (Å²) >= 11 is 0. The number of hydrogen-bond donors (Lipinski definition) is 2. The summed E-state index contributed by atoms with van der Waals surface area (Å²) in [4.78, 5) is 24.4. The van der Waals surface area contributed by atoms with Crippen LogP contribution in [-0.4, -0.2) is 37.6 Å². The fourth-order valence-electron chi connectivity index (χ4n) is 5.93. The average molecular weight is 365 g/mol. The predicted molar refractivity (Wildman–Crippen MR) is 102 cm³/mol. The van der Waals surface area contributed by atoms with E-state index in [4.69, 9.17) is 4.74 Å². The van der Waals surface area contributed by atoms with Crippen molar-refractivity contribution in [3.63, 3.8) is 0 Å². The van der Waals surface area contributed by atoms with Crippen molar-refractivity contribution in [3.8, 4) is 0 Å². The van der Waals surface area contributed by atoms with Crippen molar-refractivity contribution in [1.29, 1.82) is 0 Å². The minimum Gasteiger partial charge on any atom is -0.381 e. The van der Waals surface area contributed by atoms with Crippen molar-refractivity contribution in [3.05, 3.63) is 0 Å². The van der Waals surface area contributed by atoms with Gasteiger partial charge in [0, 0.05) is 25.8 Å². The van der Waals surface area contributed by atoms with Crippen molar-refractivity contribution >= 4 is 11.8 Å². The molecule has 0 aromatic heterocycles. The molecule has 5 heteroatoms. The zero-order chi connectivity index (χ0) is 18.6. The molecule has 4 saturated carbocycles. The van der Waals surface area contributed by atoms with Gasteiger partial charge in [-0.2, -0.15) is 0 Å². The fraction of sp³-hybridized carbons (Fsp3) is 0.905. The van der Waals surface area contributed by atoms with Gasteiger partial charge in [0.2, 0.25) is 0 Å². The largest absolute Gasteiger partial charge is 0.381 e. The Morgan fingerprint density at radius 2 is 1.58 bits per heavy atom. The summed E-state index contributed by atoms with van der Waals surface area (Å²) in [7, 11) is 0. The smallest absolute Gasteiger partial charge is 0.309 e. The van der Waals surface area contributed by atoms with Crippen molar-refractivity contribution < 1.29 is 14.3 Å². The van der Waals surface area contributed by atoms with Crippen LogP contribution in [0.3, 0.4) is 0 Å². The van der Waals surface area contributed by atoms with E-state index in [9.17, 15) is 9.59 Å². The molecule has 26 heavy (non-hydrogen) atoms. The van der Waals surface area contributed by atoms with E-state index < -0.39 is 11.8 Å². The van der Waals surface area contributed by atoms with Gasteiger partial charge in [0.1, 0.15) is 0 Å². The number of rotatable bonds is 9. The summed E-state index contributed by atoms with van der Waals surface area (Å²) in [6, 6.07) is 0.0894. The lowest BCUT2D eigenvalue weighted by atomic mass is 9.48. The molecule has 0 aromatic carbocycles. The van der Waals surface area contributed by atoms with E-state index in [0.29, 0.717) is 13.2 Å². The summed E-state index contributed by atoms with van der Waals surface area (Å²) in [5, 5.41) is 5.74. The zero-order valence-electron chi connectivity index (χ0n) is 16.5. The van der Waals surface area contributed by atoms with E-state index in [1.807, 2.05) is 0 Å². The lowest BCUT2D eigenvalue weighted by Crippen LogP contribution is -2.57. The quantitative estimate of drug-likeness (QED) is 0.488. The second-order valence-corrected chi connectivity index (χ2v) is 9.05. The lowest BCUT2D eigenvalue weighted by molar-refractivity contribution is -0.141. The molecule has 0 aliphatic heterocycles. The molecule has 0 aromatic rings. The van der Waals surface area contributed by atoms with Crippen LogP contribution >= 0.6 is 0 Å². The van der Waals surface area contributed by atoms with Gasteiger partial charge in [0.15, 0.2) is 0 Å². The van der Waals surface area contributed by atoms with E-state index in [1.165, 1.54) is 38.5 Å². The summed E-state index contributed by atoms with van der Waals surface area (Å²) in [5.41, 5.74) is 0.234. The molecule has 0 radical (unpaired) electrons. The lowest BCUT2D eigenvalue weighted by Gasteiger charge is -2.59. The Labute approximate surface area is 158 Å². The maximum absolute atomic E-state index is 12.3. The molecule has 4 aliphatic carbocycles. The summed E-state index contributed by atoms with van der Waals surface area (Å²) < 4.78 is 5.47. The second kappa shape index (κ2) is 8.73. The number of amides is 2. The van der Waals surface area contributed by atoms with Gasteiger partial charge in [-0.25, -0.2) is 0 Å². The SMILES string of the molecule is CCCCOCCCNC(=O)C(=O)NC(C)C12CC3CC(CC(C3)C1)C2. The fourth-order valence-corrected chi connectivity index (χ4v) is 5.93. The first-order valence-corrected chi connectivity index (χ1v) is 10.7. The van der Waals surface area contributed by atoms with Crippen LogP contribution in [0, 0.1) is 23.2 Å². The van der Waals surface area contributed by atoms with Gasteiger partial charge in [0.25, 0.3) is 0 Å². The molecule has 4 fully saturated rings. The van der Waals surface area contributed by atoms with Gasteiger partial charge < -0.3 is 15.4 Å². The number of ether oxygens (including phenoxy) is 1. The number of nitrogens with one attached hydrogen (secondary N) is 2. The van der Waals surface area contributed by atoms with Gasteiger partial charge in [0.05, 0.1) is 0 Å². The third-order valence-corrected chi connectivity index (χ3v) is 6.95. The highest BCUT2D eigenvalue weighted by Crippen LogP contribution is 2.61. The monoisotopic (exact) mass is 364 g/mol. The molecule has 148 valence electrons. The molecule has 2 amide bonds. The number of carbonyl (C=O) groups excluding carboxylic acids is 2. The first-order valence-electron chi connectivity index (χ1n) is 10.7. The third kappa shape index (κ3) is 4.59. The van der Waals surface area contributed by atoms with Crippen molar-refractivity contribution in [2.75, 3.05) is 19.8 Å². The van der Waals surface area contributed by atoms with E-state index in [-0.39, 0.29) is 11.5 Å². The first kappa shape index (κ1) is 19.7. The predicted octanol–water partition coefficient (Wildman–Crippen LogP) is 3.03. The minimum atomic E-state index is -0.505. The summed E-state index contributed by atoms with van der Waals surface area (Å²) in [6.07, 6.45) is 10.8. The normalized spacial score (nSPS) is 33.1. The van der Waals surface area contributed by atoms with Crippen LogP contribution in [0.5, 0.6) is 0 Å². The number of unbranched alkanes of at least 4 members (excludes halogenated alkanes) is 1. The Kier molecular flexibility index (Phi) is 6.60. The minimum absolute atomic E-state index is 0.0894. The van der Waals surface area contributed by atoms with Gasteiger partial charge in [-0.05, 0) is 81.5 Å². The zero-order valence-corrected chi connectivity index (χ0v) is 16.5. The van der Waals surface area contributed by atoms with Gasteiger partial charge >= 0.3 is 11.8 Å². The van der Waals surface area contributed by atoms with E-state index in [2.05, 4.69) is 24.5 Å². The highest BCUT2D eigenvalue weighted by atomic mass is 16.5. The van der Waals surface area contributed by atoms with E-state index >= 15 is 0 Å². The van der Waals surface area contributed by atoms with Crippen LogP contribution in [0.1, 0.15) is 71.6 Å². The molecule has 1 unspecified atom stereocenters. The molecule has 1 atom stereocenters. The van der Waals surface area contributed by atoms with Gasteiger partial charge in [-0.15, -0.1) is 0 Å². The Hall–Kier alpha value is -1.10. The summed E-state index contributed by atoms with van der Waals surface area (Å²) in [6.45, 7) is 6.13. The van der Waals surface area contributed by atoms with Gasteiger partial charge in [-0.3, -0.25) is 9.59 Å². The highest BCUT2D eigenvalue weighted by Gasteiger charge is 2.53. The molecular formula is C21H36N2O3. The van der Waals surface area contributed by atoms with Gasteiger partial charge in [-0.1, -0.05) is 13.3 Å². The molecule has 4 rings (SSSR count). The Bertz CT molecular complexity index is 470.